The van der Waals surface area contributed by atoms with Crippen molar-refractivity contribution in [2.75, 3.05) is 0 Å². The number of hydrogen-bond donors (Lipinski definition) is 2. The molecule has 2 aromatic rings. The molecule has 0 radical (unpaired) electrons. The van der Waals surface area contributed by atoms with Crippen LogP contribution in [-0.2, 0) is 0 Å². The number of nitrogens with two attached hydrogens (primary N) is 1. The minimum Gasteiger partial charge on any atom is -0.366 e. The van der Waals surface area contributed by atoms with Crippen molar-refractivity contribution in [3.63, 3.8) is 0 Å². The molecule has 4 nitrogen and oxygen atoms in total. The molecule has 0 fully saturated rings. The average Bonchev–Trinajstić information content (AvgIpc) is 2.64. The predicted octanol–water partition coefficient (Wildman–Crippen LogP) is 1.48. The Labute approximate surface area is 87.1 Å². The summed E-state index contributed by atoms with van der Waals surface area (Å²) in [6, 6.07) is 7.19. The zero-order chi connectivity index (χ0) is 10.8. The Morgan fingerprint density at radius 3 is 2.87 bits per heavy atom. The smallest absolute Gasteiger partial charge is 0.248 e. The van der Waals surface area contributed by atoms with Crippen LogP contribution < -0.4 is 5.73 Å². The van der Waals surface area contributed by atoms with E-state index in [-0.39, 0.29) is 0 Å². The number of aryl methyl sites for hydroxylation is 1. The van der Waals surface area contributed by atoms with E-state index in [1.54, 1.807) is 18.3 Å². The van der Waals surface area contributed by atoms with Crippen LogP contribution in [0.5, 0.6) is 0 Å². The fraction of sp³-hybridized carbons (Fsp3) is 0.0909. The topological polar surface area (TPSA) is 71.8 Å². The van der Waals surface area contributed by atoms with Gasteiger partial charge in [-0.1, -0.05) is 12.1 Å². The zero-order valence-electron chi connectivity index (χ0n) is 8.32. The molecule has 15 heavy (non-hydrogen) atoms. The molecular formula is C11H11N3O. The molecule has 0 saturated carbocycles. The van der Waals surface area contributed by atoms with Crippen molar-refractivity contribution >= 4 is 5.91 Å². The third-order valence-corrected chi connectivity index (χ3v) is 2.29. The maximum absolute atomic E-state index is 11.0. The second-order valence-electron chi connectivity index (χ2n) is 3.35. The molecule has 2 rings (SSSR count). The Hall–Kier alpha value is -2.10. The fourth-order valence-corrected chi connectivity index (χ4v) is 1.48. The first-order valence-electron chi connectivity index (χ1n) is 4.58. The van der Waals surface area contributed by atoms with Gasteiger partial charge in [0.05, 0.1) is 6.20 Å². The number of carbonyl (C=O) groups is 1. The maximum Gasteiger partial charge on any atom is 0.248 e. The largest absolute Gasteiger partial charge is 0.366 e. The van der Waals surface area contributed by atoms with Crippen LogP contribution >= 0.6 is 0 Å². The summed E-state index contributed by atoms with van der Waals surface area (Å²) in [6.07, 6.45) is 1.73. The second-order valence-corrected chi connectivity index (χ2v) is 3.35. The van der Waals surface area contributed by atoms with Crippen LogP contribution in [-0.4, -0.2) is 16.1 Å². The number of nitrogens with one attached hydrogen (secondary N) is 1. The SMILES string of the molecule is Cc1[nH]ncc1-c1cccc(C(N)=O)c1. The first kappa shape index (κ1) is 9.45. The van der Waals surface area contributed by atoms with Crippen LogP contribution in [0.4, 0.5) is 0 Å². The van der Waals surface area contributed by atoms with Crippen molar-refractivity contribution in [3.05, 3.63) is 41.7 Å². The lowest BCUT2D eigenvalue weighted by Crippen LogP contribution is -2.10. The number of nitrogens with zero attached hydrogens (tertiary/aromatic N) is 1. The van der Waals surface area contributed by atoms with Gasteiger partial charge in [-0.25, -0.2) is 0 Å². The molecule has 0 bridgehead atoms. The number of benzene rings is 1. The lowest BCUT2D eigenvalue weighted by molar-refractivity contribution is 0.100. The third kappa shape index (κ3) is 1.74. The van der Waals surface area contributed by atoms with Crippen LogP contribution in [0, 0.1) is 6.92 Å². The highest BCUT2D eigenvalue weighted by molar-refractivity contribution is 5.94. The Morgan fingerprint density at radius 1 is 1.47 bits per heavy atom. The van der Waals surface area contributed by atoms with Gasteiger partial charge in [-0.15, -0.1) is 0 Å². The van der Waals surface area contributed by atoms with Gasteiger partial charge in [0.2, 0.25) is 5.91 Å². The number of aromatic nitrogens is 2. The highest BCUT2D eigenvalue weighted by atomic mass is 16.1. The molecule has 0 atom stereocenters. The fourth-order valence-electron chi connectivity index (χ4n) is 1.48. The van der Waals surface area contributed by atoms with E-state index in [1.807, 2.05) is 19.1 Å². The molecular weight excluding hydrogens is 190 g/mol. The van der Waals surface area contributed by atoms with Gasteiger partial charge in [0.1, 0.15) is 0 Å². The molecule has 1 aromatic heterocycles. The molecule has 4 heteroatoms. The molecule has 0 saturated heterocycles. The molecule has 3 N–H and O–H groups in total. The van der Waals surface area contributed by atoms with Crippen molar-refractivity contribution in [1.82, 2.24) is 10.2 Å². The lowest BCUT2D eigenvalue weighted by Gasteiger charge is -2.01. The van der Waals surface area contributed by atoms with Crippen LogP contribution in [0.1, 0.15) is 16.1 Å². The highest BCUT2D eigenvalue weighted by Crippen LogP contribution is 2.21. The lowest BCUT2D eigenvalue weighted by atomic mass is 10.0. The Morgan fingerprint density at radius 2 is 2.27 bits per heavy atom. The van der Waals surface area contributed by atoms with E-state index in [9.17, 15) is 4.79 Å². The highest BCUT2D eigenvalue weighted by Gasteiger charge is 2.06. The van der Waals surface area contributed by atoms with Crippen LogP contribution in [0.15, 0.2) is 30.5 Å². The number of amides is 1. The van der Waals surface area contributed by atoms with Gasteiger partial charge >= 0.3 is 0 Å². The summed E-state index contributed by atoms with van der Waals surface area (Å²) in [5.74, 6) is -0.419. The van der Waals surface area contributed by atoms with E-state index < -0.39 is 5.91 Å². The summed E-state index contributed by atoms with van der Waals surface area (Å²) >= 11 is 0. The zero-order valence-corrected chi connectivity index (χ0v) is 8.32. The van der Waals surface area contributed by atoms with E-state index in [0.29, 0.717) is 5.56 Å². The van der Waals surface area contributed by atoms with Gasteiger partial charge in [0.15, 0.2) is 0 Å². The minimum absolute atomic E-state index is 0.419. The molecule has 1 amide bonds. The van der Waals surface area contributed by atoms with Crippen molar-refractivity contribution in [1.29, 1.82) is 0 Å². The standard InChI is InChI=1S/C11H11N3O/c1-7-10(6-13-14-7)8-3-2-4-9(5-8)11(12)15/h2-6H,1H3,(H2,12,15)(H,13,14). The summed E-state index contributed by atoms with van der Waals surface area (Å²) in [6.45, 7) is 1.93. The van der Waals surface area contributed by atoms with Crippen LogP contribution in [0.25, 0.3) is 11.1 Å². The molecule has 76 valence electrons. The summed E-state index contributed by atoms with van der Waals surface area (Å²) in [7, 11) is 0. The quantitative estimate of drug-likeness (QED) is 0.772. The molecule has 1 heterocycles. The van der Waals surface area contributed by atoms with Gasteiger partial charge in [-0.05, 0) is 24.6 Å². The van der Waals surface area contributed by atoms with Gasteiger partial charge < -0.3 is 5.73 Å². The monoisotopic (exact) mass is 201 g/mol. The molecule has 1 aromatic carbocycles. The van der Waals surface area contributed by atoms with E-state index in [1.165, 1.54) is 0 Å². The number of primary amides is 1. The van der Waals surface area contributed by atoms with E-state index in [4.69, 9.17) is 5.73 Å². The van der Waals surface area contributed by atoms with Crippen molar-refractivity contribution < 1.29 is 4.79 Å². The number of H-pyrrole nitrogens is 1. The van der Waals surface area contributed by atoms with E-state index in [0.717, 1.165) is 16.8 Å². The average molecular weight is 201 g/mol. The second kappa shape index (κ2) is 3.57. The van der Waals surface area contributed by atoms with Gasteiger partial charge in [-0.3, -0.25) is 9.89 Å². The summed E-state index contributed by atoms with van der Waals surface area (Å²) in [5.41, 5.74) is 8.61. The van der Waals surface area contributed by atoms with Crippen molar-refractivity contribution in [3.8, 4) is 11.1 Å². The summed E-state index contributed by atoms with van der Waals surface area (Å²) in [4.78, 5) is 11.0. The van der Waals surface area contributed by atoms with Crippen molar-refractivity contribution in [2.24, 2.45) is 5.73 Å². The molecule has 0 aliphatic carbocycles. The Balaban J connectivity index is 2.50. The van der Waals surface area contributed by atoms with Crippen LogP contribution in [0.3, 0.4) is 0 Å². The van der Waals surface area contributed by atoms with E-state index in [2.05, 4.69) is 10.2 Å². The summed E-state index contributed by atoms with van der Waals surface area (Å²) < 4.78 is 0. The number of carbonyl (C=O) groups excluding carboxylic acids is 1. The predicted molar refractivity (Wildman–Crippen MR) is 57.3 cm³/mol. The number of aromatic amines is 1. The normalized spacial score (nSPS) is 10.2. The van der Waals surface area contributed by atoms with Gasteiger partial charge in [-0.2, -0.15) is 5.10 Å². The van der Waals surface area contributed by atoms with Crippen LogP contribution in [0.2, 0.25) is 0 Å². The molecule has 0 unspecified atom stereocenters. The third-order valence-electron chi connectivity index (χ3n) is 2.29. The first-order valence-corrected chi connectivity index (χ1v) is 4.58. The minimum atomic E-state index is -0.419. The summed E-state index contributed by atoms with van der Waals surface area (Å²) in [5, 5.41) is 6.78. The molecule has 0 aliphatic rings. The number of hydrogen-bond acceptors (Lipinski definition) is 2. The van der Waals surface area contributed by atoms with Crippen molar-refractivity contribution in [2.45, 2.75) is 6.92 Å². The van der Waals surface area contributed by atoms with Gasteiger partial charge in [0.25, 0.3) is 0 Å². The van der Waals surface area contributed by atoms with E-state index >= 15 is 0 Å². The number of rotatable bonds is 2. The molecule has 0 spiro atoms. The first-order chi connectivity index (χ1) is 7.18. The Bertz CT molecular complexity index is 502. The molecule has 0 aliphatic heterocycles. The Kier molecular flexibility index (Phi) is 2.25. The van der Waals surface area contributed by atoms with Gasteiger partial charge in [0, 0.05) is 16.8 Å². The maximum atomic E-state index is 11.0.